The van der Waals surface area contributed by atoms with Gasteiger partial charge in [0.2, 0.25) is 0 Å². The Morgan fingerprint density at radius 1 is 1.04 bits per heavy atom. The molecule has 1 atom stereocenters. The number of benzene rings is 3. The van der Waals surface area contributed by atoms with E-state index in [4.69, 9.17) is 9.47 Å². The van der Waals surface area contributed by atoms with Crippen molar-refractivity contribution in [2.24, 2.45) is 0 Å². The topological polar surface area (TPSA) is 64.6 Å². The number of hydrogen-bond donors (Lipinski definition) is 1. The highest BCUT2D eigenvalue weighted by Gasteiger charge is 2.12. The maximum absolute atomic E-state index is 12.3. The van der Waals surface area contributed by atoms with Gasteiger partial charge in [0.05, 0.1) is 13.2 Å². The van der Waals surface area contributed by atoms with Gasteiger partial charge in [-0.3, -0.25) is 9.59 Å². The summed E-state index contributed by atoms with van der Waals surface area (Å²) in [6.45, 7) is 1.76. The van der Waals surface area contributed by atoms with E-state index in [1.807, 2.05) is 37.3 Å². The van der Waals surface area contributed by atoms with Gasteiger partial charge in [-0.2, -0.15) is 0 Å². The minimum absolute atomic E-state index is 0.158. The van der Waals surface area contributed by atoms with E-state index in [-0.39, 0.29) is 18.6 Å². The van der Waals surface area contributed by atoms with Gasteiger partial charge in [0.15, 0.2) is 18.1 Å². The first-order valence-corrected chi connectivity index (χ1v) is 8.65. The molecule has 1 unspecified atom stereocenters. The van der Waals surface area contributed by atoms with E-state index in [2.05, 4.69) is 17.4 Å². The monoisotopic (exact) mass is 363 g/mol. The maximum Gasteiger partial charge on any atom is 0.258 e. The summed E-state index contributed by atoms with van der Waals surface area (Å²) in [4.78, 5) is 23.2. The van der Waals surface area contributed by atoms with Crippen LogP contribution in [0.25, 0.3) is 10.8 Å². The fraction of sp³-hybridized carbons (Fsp3) is 0.182. The number of hydrogen-bond acceptors (Lipinski definition) is 4. The number of rotatable bonds is 7. The average Bonchev–Trinajstić information content (AvgIpc) is 2.71. The Hall–Kier alpha value is -3.34. The summed E-state index contributed by atoms with van der Waals surface area (Å²) < 4.78 is 10.7. The van der Waals surface area contributed by atoms with E-state index in [0.717, 1.165) is 16.3 Å². The zero-order valence-electron chi connectivity index (χ0n) is 15.3. The normalized spacial score (nSPS) is 11.6. The second-order valence-electron chi connectivity index (χ2n) is 6.21. The van der Waals surface area contributed by atoms with E-state index in [9.17, 15) is 9.59 Å². The lowest BCUT2D eigenvalue weighted by Crippen LogP contribution is -2.31. The van der Waals surface area contributed by atoms with Gasteiger partial charge in [-0.15, -0.1) is 0 Å². The van der Waals surface area contributed by atoms with Gasteiger partial charge in [-0.1, -0.05) is 36.4 Å². The second-order valence-corrected chi connectivity index (χ2v) is 6.21. The van der Waals surface area contributed by atoms with Crippen LogP contribution in [-0.4, -0.2) is 25.9 Å². The lowest BCUT2D eigenvalue weighted by atomic mass is 10.0. The summed E-state index contributed by atoms with van der Waals surface area (Å²) >= 11 is 0. The average molecular weight is 363 g/mol. The Morgan fingerprint density at radius 2 is 1.81 bits per heavy atom. The maximum atomic E-state index is 12.3. The molecule has 138 valence electrons. The van der Waals surface area contributed by atoms with Crippen LogP contribution in [0.4, 0.5) is 0 Å². The first-order valence-electron chi connectivity index (χ1n) is 8.65. The van der Waals surface area contributed by atoms with Crippen LogP contribution in [0.1, 0.15) is 28.9 Å². The third-order valence-corrected chi connectivity index (χ3v) is 4.33. The van der Waals surface area contributed by atoms with Crippen molar-refractivity contribution in [1.29, 1.82) is 0 Å². The van der Waals surface area contributed by atoms with Gasteiger partial charge in [0.1, 0.15) is 6.29 Å². The lowest BCUT2D eigenvalue weighted by molar-refractivity contribution is -0.123. The van der Waals surface area contributed by atoms with Crippen molar-refractivity contribution in [3.05, 3.63) is 71.8 Å². The summed E-state index contributed by atoms with van der Waals surface area (Å²) in [7, 11) is 1.50. The standard InChI is InChI=1S/C22H21NO4/c1-15(18-9-8-17-5-3-4-6-19(17)12-18)23-22(25)14-27-21-11-16(13-24)7-10-20(21)26-2/h3-13,15H,14H2,1-2H3,(H,23,25). The highest BCUT2D eigenvalue weighted by molar-refractivity contribution is 5.83. The molecule has 0 fully saturated rings. The minimum atomic E-state index is -0.255. The van der Waals surface area contributed by atoms with E-state index in [1.165, 1.54) is 7.11 Å². The summed E-state index contributed by atoms with van der Waals surface area (Å²) in [5.74, 6) is 0.570. The van der Waals surface area contributed by atoms with Crippen LogP contribution in [0.5, 0.6) is 11.5 Å². The van der Waals surface area contributed by atoms with Crippen LogP contribution in [0, 0.1) is 0 Å². The van der Waals surface area contributed by atoms with Crippen LogP contribution >= 0.6 is 0 Å². The molecule has 1 N–H and O–H groups in total. The molecule has 0 aliphatic rings. The number of amides is 1. The van der Waals surface area contributed by atoms with Gasteiger partial charge in [0.25, 0.3) is 5.91 Å². The van der Waals surface area contributed by atoms with E-state index in [1.54, 1.807) is 18.2 Å². The molecule has 5 heteroatoms. The zero-order chi connectivity index (χ0) is 19.2. The van der Waals surface area contributed by atoms with Crippen molar-refractivity contribution < 1.29 is 19.1 Å². The number of ether oxygens (including phenoxy) is 2. The number of nitrogens with one attached hydrogen (secondary N) is 1. The lowest BCUT2D eigenvalue weighted by Gasteiger charge is -2.16. The van der Waals surface area contributed by atoms with E-state index < -0.39 is 0 Å². The van der Waals surface area contributed by atoms with Gasteiger partial charge >= 0.3 is 0 Å². The molecule has 3 aromatic carbocycles. The van der Waals surface area contributed by atoms with Gasteiger partial charge in [0, 0.05) is 5.56 Å². The van der Waals surface area contributed by atoms with Crippen molar-refractivity contribution in [1.82, 2.24) is 5.32 Å². The van der Waals surface area contributed by atoms with Crippen molar-refractivity contribution in [2.75, 3.05) is 13.7 Å². The van der Waals surface area contributed by atoms with Crippen LogP contribution in [0.15, 0.2) is 60.7 Å². The fourth-order valence-electron chi connectivity index (χ4n) is 2.87. The molecule has 0 aliphatic carbocycles. The van der Waals surface area contributed by atoms with Gasteiger partial charge in [-0.05, 0) is 47.5 Å². The summed E-state index contributed by atoms with van der Waals surface area (Å²) in [5, 5.41) is 5.21. The molecule has 5 nitrogen and oxygen atoms in total. The molecular formula is C22H21NO4. The molecule has 0 radical (unpaired) electrons. The molecule has 0 spiro atoms. The second kappa shape index (κ2) is 8.36. The van der Waals surface area contributed by atoms with E-state index >= 15 is 0 Å². The van der Waals surface area contributed by atoms with Gasteiger partial charge in [-0.25, -0.2) is 0 Å². The van der Waals surface area contributed by atoms with Crippen molar-refractivity contribution in [3.8, 4) is 11.5 Å². The predicted molar refractivity (Wildman–Crippen MR) is 104 cm³/mol. The predicted octanol–water partition coefficient (Wildman–Crippen LogP) is 3.92. The minimum Gasteiger partial charge on any atom is -0.493 e. The number of aldehydes is 1. The molecule has 0 heterocycles. The van der Waals surface area contributed by atoms with Gasteiger partial charge < -0.3 is 14.8 Å². The molecule has 0 saturated carbocycles. The molecule has 1 amide bonds. The molecule has 27 heavy (non-hydrogen) atoms. The summed E-state index contributed by atoms with van der Waals surface area (Å²) in [6, 6.07) is 18.8. The Kier molecular flexibility index (Phi) is 5.71. The third-order valence-electron chi connectivity index (χ3n) is 4.33. The number of carbonyl (C=O) groups excluding carboxylic acids is 2. The largest absolute Gasteiger partial charge is 0.493 e. The third kappa shape index (κ3) is 4.44. The summed E-state index contributed by atoms with van der Waals surface area (Å²) in [6.07, 6.45) is 0.716. The van der Waals surface area contributed by atoms with Crippen LogP contribution in [0.3, 0.4) is 0 Å². The first kappa shape index (κ1) is 18.5. The molecule has 0 aliphatic heterocycles. The fourth-order valence-corrected chi connectivity index (χ4v) is 2.87. The molecule has 3 rings (SSSR count). The number of carbonyl (C=O) groups is 2. The Morgan fingerprint density at radius 3 is 2.56 bits per heavy atom. The Balaban J connectivity index is 1.64. The highest BCUT2D eigenvalue weighted by Crippen LogP contribution is 2.27. The molecule has 0 saturated heterocycles. The van der Waals surface area contributed by atoms with Crippen molar-refractivity contribution in [2.45, 2.75) is 13.0 Å². The molecular weight excluding hydrogens is 342 g/mol. The van der Waals surface area contributed by atoms with Crippen molar-refractivity contribution in [3.63, 3.8) is 0 Å². The Bertz CT molecular complexity index is 967. The zero-order valence-corrected chi connectivity index (χ0v) is 15.3. The molecule has 0 aromatic heterocycles. The Labute approximate surface area is 157 Å². The smallest absolute Gasteiger partial charge is 0.258 e. The molecule has 0 bridgehead atoms. The molecule has 3 aromatic rings. The SMILES string of the molecule is COc1ccc(C=O)cc1OCC(=O)NC(C)c1ccc2ccccc2c1. The van der Waals surface area contributed by atoms with Crippen molar-refractivity contribution >= 4 is 23.0 Å². The van der Waals surface area contributed by atoms with Crippen LogP contribution in [-0.2, 0) is 4.79 Å². The quantitative estimate of drug-likeness (QED) is 0.646. The van der Waals surface area contributed by atoms with Crippen LogP contribution in [0.2, 0.25) is 0 Å². The number of methoxy groups -OCH3 is 1. The van der Waals surface area contributed by atoms with E-state index in [0.29, 0.717) is 23.3 Å². The first-order chi connectivity index (χ1) is 13.1. The number of fused-ring (bicyclic) bond motifs is 1. The highest BCUT2D eigenvalue weighted by atomic mass is 16.5. The summed E-state index contributed by atoms with van der Waals surface area (Å²) in [5.41, 5.74) is 1.47. The van der Waals surface area contributed by atoms with Crippen LogP contribution < -0.4 is 14.8 Å².